The zero-order chi connectivity index (χ0) is 16.2. The summed E-state index contributed by atoms with van der Waals surface area (Å²) in [6.07, 6.45) is 2.96. The number of anilines is 1. The maximum Gasteiger partial charge on any atom is 0.307 e. The van der Waals surface area contributed by atoms with Crippen molar-refractivity contribution in [3.05, 3.63) is 35.7 Å². The van der Waals surface area contributed by atoms with Gasteiger partial charge in [-0.15, -0.1) is 11.3 Å². The Morgan fingerprint density at radius 2 is 1.83 bits per heavy atom. The van der Waals surface area contributed by atoms with Crippen LogP contribution < -0.4 is 5.32 Å². The fourth-order valence-electron chi connectivity index (χ4n) is 3.01. The molecule has 1 amide bonds. The molecule has 1 aliphatic rings. The van der Waals surface area contributed by atoms with Gasteiger partial charge in [0.15, 0.2) is 5.13 Å². The van der Waals surface area contributed by atoms with E-state index in [4.69, 9.17) is 0 Å². The van der Waals surface area contributed by atoms with Gasteiger partial charge in [0, 0.05) is 10.9 Å². The molecule has 5 nitrogen and oxygen atoms in total. The first-order valence-corrected chi connectivity index (χ1v) is 8.58. The minimum Gasteiger partial charge on any atom is -0.481 e. The molecular weight excluding hydrogens is 312 g/mol. The number of rotatable bonds is 4. The summed E-state index contributed by atoms with van der Waals surface area (Å²) in [5, 5.41) is 14.5. The van der Waals surface area contributed by atoms with Gasteiger partial charge in [0.05, 0.1) is 17.5 Å². The lowest BCUT2D eigenvalue weighted by atomic mass is 9.79. The van der Waals surface area contributed by atoms with Gasteiger partial charge in [0.25, 0.3) is 0 Å². The third-order valence-corrected chi connectivity index (χ3v) is 4.98. The van der Waals surface area contributed by atoms with E-state index in [2.05, 4.69) is 10.3 Å². The highest BCUT2D eigenvalue weighted by atomic mass is 32.1. The number of amides is 1. The Bertz CT molecular complexity index is 699. The Morgan fingerprint density at radius 1 is 1.13 bits per heavy atom. The van der Waals surface area contributed by atoms with Crippen molar-refractivity contribution in [2.75, 3.05) is 5.32 Å². The molecule has 0 spiro atoms. The Morgan fingerprint density at radius 3 is 2.52 bits per heavy atom. The second-order valence-corrected chi connectivity index (χ2v) is 6.59. The van der Waals surface area contributed by atoms with Crippen molar-refractivity contribution >= 4 is 28.3 Å². The van der Waals surface area contributed by atoms with Gasteiger partial charge in [-0.1, -0.05) is 43.2 Å². The molecule has 0 saturated heterocycles. The van der Waals surface area contributed by atoms with Gasteiger partial charge in [-0.05, 0) is 12.8 Å². The SMILES string of the molecule is O=C(O)[C@@H]1CCCC[C@H]1C(=O)Nc1nc(-c2ccccc2)cs1. The summed E-state index contributed by atoms with van der Waals surface area (Å²) in [5.74, 6) is -2.16. The van der Waals surface area contributed by atoms with Crippen LogP contribution in [0.1, 0.15) is 25.7 Å². The second kappa shape index (κ2) is 6.91. The summed E-state index contributed by atoms with van der Waals surface area (Å²) in [6, 6.07) is 9.73. The molecule has 1 aromatic carbocycles. The molecule has 1 aromatic heterocycles. The highest BCUT2D eigenvalue weighted by molar-refractivity contribution is 7.14. The van der Waals surface area contributed by atoms with E-state index in [1.54, 1.807) is 0 Å². The number of hydrogen-bond acceptors (Lipinski definition) is 4. The minimum atomic E-state index is -0.881. The molecule has 0 bridgehead atoms. The fraction of sp³-hybridized carbons (Fsp3) is 0.353. The average molecular weight is 330 g/mol. The highest BCUT2D eigenvalue weighted by Crippen LogP contribution is 2.32. The van der Waals surface area contributed by atoms with E-state index in [-0.39, 0.29) is 5.91 Å². The van der Waals surface area contributed by atoms with Gasteiger partial charge in [-0.3, -0.25) is 9.59 Å². The van der Waals surface area contributed by atoms with Crippen LogP contribution in [-0.2, 0) is 9.59 Å². The fourth-order valence-corrected chi connectivity index (χ4v) is 3.73. The first-order valence-electron chi connectivity index (χ1n) is 7.70. The topological polar surface area (TPSA) is 79.3 Å². The monoisotopic (exact) mass is 330 g/mol. The van der Waals surface area contributed by atoms with Crippen LogP contribution in [0.3, 0.4) is 0 Å². The molecule has 1 heterocycles. The zero-order valence-corrected chi connectivity index (χ0v) is 13.4. The maximum absolute atomic E-state index is 12.4. The summed E-state index contributed by atoms with van der Waals surface area (Å²) in [7, 11) is 0. The number of benzene rings is 1. The molecule has 0 unspecified atom stereocenters. The largest absolute Gasteiger partial charge is 0.481 e. The number of hydrogen-bond donors (Lipinski definition) is 2. The van der Waals surface area contributed by atoms with Crippen molar-refractivity contribution < 1.29 is 14.7 Å². The van der Waals surface area contributed by atoms with Crippen LogP contribution >= 0.6 is 11.3 Å². The van der Waals surface area contributed by atoms with Crippen LogP contribution in [0.2, 0.25) is 0 Å². The molecule has 1 aliphatic carbocycles. The van der Waals surface area contributed by atoms with Gasteiger partial charge in [-0.25, -0.2) is 4.98 Å². The van der Waals surface area contributed by atoms with Crippen molar-refractivity contribution in [1.29, 1.82) is 0 Å². The van der Waals surface area contributed by atoms with Crippen LogP contribution in [0.15, 0.2) is 35.7 Å². The predicted octanol–water partition coefficient (Wildman–Crippen LogP) is 3.64. The third-order valence-electron chi connectivity index (χ3n) is 4.22. The lowest BCUT2D eigenvalue weighted by Gasteiger charge is -2.26. The minimum absolute atomic E-state index is 0.230. The molecular formula is C17H18N2O3S. The van der Waals surface area contributed by atoms with Crippen molar-refractivity contribution in [1.82, 2.24) is 4.98 Å². The summed E-state index contributed by atoms with van der Waals surface area (Å²) in [4.78, 5) is 28.2. The van der Waals surface area contributed by atoms with E-state index in [1.807, 2.05) is 35.7 Å². The molecule has 1 fully saturated rings. The van der Waals surface area contributed by atoms with Gasteiger partial charge in [-0.2, -0.15) is 0 Å². The van der Waals surface area contributed by atoms with Crippen LogP contribution in [0, 0.1) is 11.8 Å². The Kier molecular flexibility index (Phi) is 4.71. The van der Waals surface area contributed by atoms with Crippen LogP contribution in [-0.4, -0.2) is 22.0 Å². The molecule has 2 N–H and O–H groups in total. The number of carbonyl (C=O) groups excluding carboxylic acids is 1. The third kappa shape index (κ3) is 3.59. The molecule has 2 aromatic rings. The number of carbonyl (C=O) groups is 2. The van der Waals surface area contributed by atoms with Crippen LogP contribution in [0.25, 0.3) is 11.3 Å². The van der Waals surface area contributed by atoms with Crippen molar-refractivity contribution in [3.8, 4) is 11.3 Å². The number of nitrogens with one attached hydrogen (secondary N) is 1. The highest BCUT2D eigenvalue weighted by Gasteiger charge is 2.35. The summed E-state index contributed by atoms with van der Waals surface area (Å²) >= 11 is 1.36. The maximum atomic E-state index is 12.4. The standard InChI is InChI=1S/C17H18N2O3S/c20-15(12-8-4-5-9-13(12)16(21)22)19-17-18-14(10-23-17)11-6-2-1-3-7-11/h1-3,6-7,10,12-13H,4-5,8-9H2,(H,21,22)(H,18,19,20)/t12-,13-/m1/s1. The second-order valence-electron chi connectivity index (χ2n) is 5.73. The quantitative estimate of drug-likeness (QED) is 0.897. The molecule has 0 radical (unpaired) electrons. The number of nitrogens with zero attached hydrogens (tertiary/aromatic N) is 1. The number of aliphatic carboxylic acids is 1. The van der Waals surface area contributed by atoms with Gasteiger partial charge in [0.2, 0.25) is 5.91 Å². The Hall–Kier alpha value is -2.21. The smallest absolute Gasteiger partial charge is 0.307 e. The molecule has 6 heteroatoms. The van der Waals surface area contributed by atoms with Crippen molar-refractivity contribution in [2.24, 2.45) is 11.8 Å². The van der Waals surface area contributed by atoms with E-state index >= 15 is 0 Å². The number of aromatic nitrogens is 1. The first kappa shape index (κ1) is 15.7. The normalized spacial score (nSPS) is 20.9. The Labute approximate surface area is 138 Å². The summed E-state index contributed by atoms with van der Waals surface area (Å²) < 4.78 is 0. The molecule has 2 atom stereocenters. The van der Waals surface area contributed by atoms with Crippen LogP contribution in [0.4, 0.5) is 5.13 Å². The van der Waals surface area contributed by atoms with E-state index < -0.39 is 17.8 Å². The number of carboxylic acids is 1. The van der Waals surface area contributed by atoms with Gasteiger partial charge >= 0.3 is 5.97 Å². The van der Waals surface area contributed by atoms with E-state index in [1.165, 1.54) is 11.3 Å². The van der Waals surface area contributed by atoms with E-state index in [9.17, 15) is 14.7 Å². The van der Waals surface area contributed by atoms with Crippen molar-refractivity contribution in [3.63, 3.8) is 0 Å². The molecule has 1 saturated carbocycles. The van der Waals surface area contributed by atoms with Crippen LogP contribution in [0.5, 0.6) is 0 Å². The zero-order valence-electron chi connectivity index (χ0n) is 12.6. The van der Waals surface area contributed by atoms with Crippen molar-refractivity contribution in [2.45, 2.75) is 25.7 Å². The molecule has 120 valence electrons. The lowest BCUT2D eigenvalue weighted by Crippen LogP contribution is -2.36. The molecule has 23 heavy (non-hydrogen) atoms. The number of thiazole rings is 1. The Balaban J connectivity index is 1.70. The molecule has 3 rings (SSSR count). The molecule has 0 aliphatic heterocycles. The van der Waals surface area contributed by atoms with Gasteiger partial charge in [0.1, 0.15) is 0 Å². The lowest BCUT2D eigenvalue weighted by molar-refractivity contribution is -0.147. The summed E-state index contributed by atoms with van der Waals surface area (Å²) in [6.45, 7) is 0. The summed E-state index contributed by atoms with van der Waals surface area (Å²) in [5.41, 5.74) is 1.80. The van der Waals surface area contributed by atoms with Gasteiger partial charge < -0.3 is 10.4 Å². The number of carboxylic acid groups (broad SMARTS) is 1. The first-order chi connectivity index (χ1) is 11.1. The van der Waals surface area contributed by atoms with E-state index in [0.717, 1.165) is 24.1 Å². The predicted molar refractivity (Wildman–Crippen MR) is 89.3 cm³/mol. The van der Waals surface area contributed by atoms with E-state index in [0.29, 0.717) is 18.0 Å². The average Bonchev–Trinajstić information content (AvgIpc) is 3.04.